The zero-order valence-corrected chi connectivity index (χ0v) is 7.56. The van der Waals surface area contributed by atoms with Gasteiger partial charge in [0.05, 0.1) is 12.7 Å². The Hall–Kier alpha value is -0.220. The van der Waals surface area contributed by atoms with Gasteiger partial charge in [-0.3, -0.25) is 0 Å². The summed E-state index contributed by atoms with van der Waals surface area (Å²) in [5.41, 5.74) is 0. The number of nitrogens with one attached hydrogen (secondary N) is 1. The molecule has 1 atom stereocenters. The van der Waals surface area contributed by atoms with Crippen LogP contribution in [0.25, 0.3) is 0 Å². The number of halogens is 2. The number of rotatable bonds is 3. The minimum absolute atomic E-state index is 0.0456. The summed E-state index contributed by atoms with van der Waals surface area (Å²) in [5.74, 6) is -3.01. The molecule has 0 radical (unpaired) electrons. The van der Waals surface area contributed by atoms with E-state index in [4.69, 9.17) is 4.74 Å². The number of ether oxygens (including phenoxy) is 1. The lowest BCUT2D eigenvalue weighted by Crippen LogP contribution is -2.49. The topological polar surface area (TPSA) is 21.3 Å². The first-order chi connectivity index (χ1) is 6.18. The quantitative estimate of drug-likeness (QED) is 0.728. The molecular weight excluding hydrogens is 176 g/mol. The molecule has 76 valence electrons. The molecule has 0 spiro atoms. The molecule has 1 saturated heterocycles. The highest BCUT2D eigenvalue weighted by Gasteiger charge is 2.44. The van der Waals surface area contributed by atoms with E-state index in [1.807, 2.05) is 0 Å². The van der Waals surface area contributed by atoms with Crippen LogP contribution in [0.5, 0.6) is 0 Å². The van der Waals surface area contributed by atoms with Gasteiger partial charge in [0.1, 0.15) is 0 Å². The van der Waals surface area contributed by atoms with Crippen molar-refractivity contribution in [2.75, 3.05) is 19.7 Å². The van der Waals surface area contributed by atoms with Crippen LogP contribution in [0.15, 0.2) is 0 Å². The first kappa shape index (κ1) is 9.34. The maximum atomic E-state index is 13.1. The van der Waals surface area contributed by atoms with Crippen molar-refractivity contribution >= 4 is 0 Å². The van der Waals surface area contributed by atoms with Crippen LogP contribution in [0.3, 0.4) is 0 Å². The van der Waals surface area contributed by atoms with Crippen molar-refractivity contribution in [3.05, 3.63) is 0 Å². The predicted molar refractivity (Wildman–Crippen MR) is 44.9 cm³/mol. The van der Waals surface area contributed by atoms with E-state index < -0.39 is 11.8 Å². The van der Waals surface area contributed by atoms with Crippen LogP contribution in [-0.2, 0) is 4.74 Å². The summed E-state index contributed by atoms with van der Waals surface area (Å²) < 4.78 is 31.5. The van der Waals surface area contributed by atoms with Gasteiger partial charge in [-0.2, -0.15) is 0 Å². The van der Waals surface area contributed by atoms with E-state index >= 15 is 0 Å². The van der Waals surface area contributed by atoms with Gasteiger partial charge in [-0.25, -0.2) is 8.78 Å². The maximum absolute atomic E-state index is 13.1. The molecule has 0 aromatic heterocycles. The Balaban J connectivity index is 1.73. The van der Waals surface area contributed by atoms with Gasteiger partial charge in [-0.1, -0.05) is 0 Å². The van der Waals surface area contributed by atoms with E-state index in [0.717, 1.165) is 13.1 Å². The van der Waals surface area contributed by atoms with Gasteiger partial charge in [0.15, 0.2) is 0 Å². The average molecular weight is 191 g/mol. The van der Waals surface area contributed by atoms with Gasteiger partial charge in [-0.05, 0) is 12.8 Å². The van der Waals surface area contributed by atoms with Gasteiger partial charge in [-0.15, -0.1) is 0 Å². The van der Waals surface area contributed by atoms with Crippen molar-refractivity contribution in [1.82, 2.24) is 5.32 Å². The Labute approximate surface area is 76.6 Å². The fourth-order valence-electron chi connectivity index (χ4n) is 1.84. The lowest BCUT2D eigenvalue weighted by molar-refractivity contribution is -0.0874. The molecule has 1 heterocycles. The van der Waals surface area contributed by atoms with Gasteiger partial charge in [0.25, 0.3) is 5.92 Å². The second-order valence-corrected chi connectivity index (χ2v) is 3.96. The number of hydrogen-bond acceptors (Lipinski definition) is 2. The summed E-state index contributed by atoms with van der Waals surface area (Å²) in [6.45, 7) is 1.87. The normalized spacial score (nSPS) is 33.2. The third kappa shape index (κ3) is 1.99. The zero-order valence-electron chi connectivity index (χ0n) is 7.56. The zero-order chi connectivity index (χ0) is 9.31. The number of alkyl halides is 2. The largest absolute Gasteiger partial charge is 0.375 e. The second kappa shape index (κ2) is 3.50. The molecule has 0 aromatic carbocycles. The van der Waals surface area contributed by atoms with E-state index in [2.05, 4.69) is 5.32 Å². The summed E-state index contributed by atoms with van der Waals surface area (Å²) in [4.78, 5) is 0. The summed E-state index contributed by atoms with van der Waals surface area (Å²) in [6.07, 6.45) is 1.48. The highest BCUT2D eigenvalue weighted by Crippen LogP contribution is 2.40. The van der Waals surface area contributed by atoms with E-state index in [0.29, 0.717) is 12.8 Å². The lowest BCUT2D eigenvalue weighted by Gasteiger charge is -2.29. The van der Waals surface area contributed by atoms with Crippen molar-refractivity contribution in [3.63, 3.8) is 0 Å². The summed E-state index contributed by atoms with van der Waals surface area (Å²) in [7, 11) is 0. The first-order valence-electron chi connectivity index (χ1n) is 4.88. The van der Waals surface area contributed by atoms with Crippen LogP contribution < -0.4 is 5.32 Å². The fourth-order valence-corrected chi connectivity index (χ4v) is 1.84. The molecule has 0 bridgehead atoms. The molecule has 1 unspecified atom stereocenters. The molecule has 13 heavy (non-hydrogen) atoms. The van der Waals surface area contributed by atoms with E-state index in [9.17, 15) is 8.78 Å². The van der Waals surface area contributed by atoms with Crippen molar-refractivity contribution in [1.29, 1.82) is 0 Å². The minimum atomic E-state index is -2.48. The first-order valence-corrected chi connectivity index (χ1v) is 4.88. The van der Waals surface area contributed by atoms with Crippen molar-refractivity contribution in [3.8, 4) is 0 Å². The average Bonchev–Trinajstić information content (AvgIpc) is 2.27. The lowest BCUT2D eigenvalue weighted by atomic mass is 10.1. The molecule has 0 aromatic rings. The minimum Gasteiger partial charge on any atom is -0.375 e. The van der Waals surface area contributed by atoms with Gasteiger partial charge in [0.2, 0.25) is 0 Å². The van der Waals surface area contributed by atoms with Crippen molar-refractivity contribution in [2.45, 2.75) is 31.3 Å². The maximum Gasteiger partial charge on any atom is 0.253 e. The Morgan fingerprint density at radius 1 is 1.38 bits per heavy atom. The second-order valence-electron chi connectivity index (χ2n) is 3.96. The molecule has 1 saturated carbocycles. The van der Waals surface area contributed by atoms with Crippen molar-refractivity contribution in [2.24, 2.45) is 5.92 Å². The Morgan fingerprint density at radius 3 is 2.62 bits per heavy atom. The molecular formula is C9H15F2NO. The monoisotopic (exact) mass is 191 g/mol. The predicted octanol–water partition coefficient (Wildman–Crippen LogP) is 1.41. The molecule has 4 heteroatoms. The highest BCUT2D eigenvalue weighted by atomic mass is 19.3. The Morgan fingerprint density at radius 2 is 2.15 bits per heavy atom. The van der Waals surface area contributed by atoms with E-state index in [1.165, 1.54) is 0 Å². The van der Waals surface area contributed by atoms with Crippen LogP contribution in [0.4, 0.5) is 8.78 Å². The fraction of sp³-hybridized carbons (Fsp3) is 1.00. The third-order valence-corrected chi connectivity index (χ3v) is 2.94. The van der Waals surface area contributed by atoms with E-state index in [-0.39, 0.29) is 19.1 Å². The molecule has 1 aliphatic carbocycles. The molecule has 2 fully saturated rings. The van der Waals surface area contributed by atoms with Crippen molar-refractivity contribution < 1.29 is 13.5 Å². The Kier molecular flexibility index (Phi) is 2.51. The molecule has 1 aliphatic heterocycles. The summed E-state index contributed by atoms with van der Waals surface area (Å²) in [5, 5.41) is 3.04. The summed E-state index contributed by atoms with van der Waals surface area (Å²) in [6, 6.07) is 0. The van der Waals surface area contributed by atoms with Crippen LogP contribution >= 0.6 is 0 Å². The standard InChI is InChI=1S/C9H15F2NO/c10-9(11)3-1-2-7(9)6-13-8-4-12-5-8/h7-8,12H,1-6H2. The van der Waals surface area contributed by atoms with Crippen LogP contribution in [-0.4, -0.2) is 31.7 Å². The molecule has 2 aliphatic rings. The van der Waals surface area contributed by atoms with Gasteiger partial charge in [0, 0.05) is 25.4 Å². The molecule has 0 amide bonds. The number of hydrogen-bond donors (Lipinski definition) is 1. The van der Waals surface area contributed by atoms with Crippen LogP contribution in [0.1, 0.15) is 19.3 Å². The van der Waals surface area contributed by atoms with Crippen LogP contribution in [0.2, 0.25) is 0 Å². The molecule has 1 N–H and O–H groups in total. The van der Waals surface area contributed by atoms with Gasteiger partial charge < -0.3 is 10.1 Å². The third-order valence-electron chi connectivity index (χ3n) is 2.94. The van der Waals surface area contributed by atoms with Crippen LogP contribution in [0, 0.1) is 5.92 Å². The highest BCUT2D eigenvalue weighted by molar-refractivity contribution is 4.85. The smallest absolute Gasteiger partial charge is 0.253 e. The Bertz CT molecular complexity index is 182. The molecule has 2 nitrogen and oxygen atoms in total. The van der Waals surface area contributed by atoms with Gasteiger partial charge >= 0.3 is 0 Å². The summed E-state index contributed by atoms with van der Waals surface area (Å²) >= 11 is 0. The molecule has 2 rings (SSSR count). The SMILES string of the molecule is FC1(F)CCCC1COC1CNC1. The van der Waals surface area contributed by atoms with E-state index in [1.54, 1.807) is 0 Å².